The van der Waals surface area contributed by atoms with Crippen LogP contribution in [0.5, 0.6) is 0 Å². The van der Waals surface area contributed by atoms with E-state index in [1.54, 1.807) is 26.0 Å². The van der Waals surface area contributed by atoms with Crippen LogP contribution in [0.3, 0.4) is 0 Å². The number of rotatable bonds is 9. The zero-order chi connectivity index (χ0) is 20.9. The largest absolute Gasteiger partial charge is 0.465 e. The zero-order valence-corrected chi connectivity index (χ0v) is 17.9. The molecule has 1 unspecified atom stereocenters. The van der Waals surface area contributed by atoms with Gasteiger partial charge >= 0.3 is 5.97 Å². The Morgan fingerprint density at radius 1 is 1.21 bits per heavy atom. The Bertz CT molecular complexity index is 785. The molecule has 7 nitrogen and oxygen atoms in total. The van der Waals surface area contributed by atoms with Crippen LogP contribution in [0.1, 0.15) is 40.5 Å². The number of anilines is 1. The van der Waals surface area contributed by atoms with Gasteiger partial charge < -0.3 is 9.64 Å². The van der Waals surface area contributed by atoms with Gasteiger partial charge in [-0.15, -0.1) is 0 Å². The first kappa shape index (κ1) is 22.4. The van der Waals surface area contributed by atoms with Crippen LogP contribution in [0.15, 0.2) is 29.2 Å². The van der Waals surface area contributed by atoms with Gasteiger partial charge in [-0.1, -0.05) is 27.7 Å². The summed E-state index contributed by atoms with van der Waals surface area (Å²) < 4.78 is 31.8. The van der Waals surface area contributed by atoms with Crippen molar-refractivity contribution in [3.05, 3.63) is 24.3 Å². The van der Waals surface area contributed by atoms with Crippen LogP contribution in [-0.4, -0.2) is 50.8 Å². The molecule has 0 aliphatic carbocycles. The molecule has 28 heavy (non-hydrogen) atoms. The molecule has 1 aromatic rings. The number of carbonyl (C=O) groups is 2. The monoisotopic (exact) mass is 410 g/mol. The second kappa shape index (κ2) is 9.52. The topological polar surface area (TPSA) is 84.0 Å². The van der Waals surface area contributed by atoms with Gasteiger partial charge in [-0.2, -0.15) is 4.31 Å². The molecule has 1 aliphatic rings. The number of amides is 1. The smallest absolute Gasteiger partial charge is 0.311 e. The lowest BCUT2D eigenvalue weighted by atomic mass is 10.1. The molecular formula is C20H30N2O5S. The van der Waals surface area contributed by atoms with Crippen LogP contribution in [0.4, 0.5) is 5.69 Å². The molecule has 0 bridgehead atoms. The summed E-state index contributed by atoms with van der Waals surface area (Å²) >= 11 is 0. The molecule has 1 heterocycles. The number of hydrogen-bond acceptors (Lipinski definition) is 5. The summed E-state index contributed by atoms with van der Waals surface area (Å²) in [5.74, 6) is -0.554. The third kappa shape index (κ3) is 5.11. The average molecular weight is 411 g/mol. The standard InChI is InChI=1S/C20H30N2O5S/c1-5-21(6-2)28(25,26)18-9-7-17(8-10-18)22-14-16(13-19(22)23)20(24)27-12-11-15(3)4/h7-10,15-16H,5-6,11-14H2,1-4H3. The highest BCUT2D eigenvalue weighted by atomic mass is 32.2. The summed E-state index contributed by atoms with van der Waals surface area (Å²) in [5.41, 5.74) is 0.584. The van der Waals surface area contributed by atoms with E-state index >= 15 is 0 Å². The number of benzene rings is 1. The molecule has 0 radical (unpaired) electrons. The van der Waals surface area contributed by atoms with Gasteiger partial charge in [-0.3, -0.25) is 9.59 Å². The average Bonchev–Trinajstić information content (AvgIpc) is 3.04. The van der Waals surface area contributed by atoms with Crippen molar-refractivity contribution in [3.63, 3.8) is 0 Å². The summed E-state index contributed by atoms with van der Waals surface area (Å²) in [4.78, 5) is 26.2. The lowest BCUT2D eigenvalue weighted by Gasteiger charge is -2.20. The second-order valence-electron chi connectivity index (χ2n) is 7.34. The maximum atomic E-state index is 12.6. The van der Waals surface area contributed by atoms with Gasteiger partial charge in [0, 0.05) is 31.7 Å². The van der Waals surface area contributed by atoms with E-state index in [0.717, 1.165) is 6.42 Å². The van der Waals surface area contributed by atoms with E-state index in [0.29, 0.717) is 31.3 Å². The van der Waals surface area contributed by atoms with E-state index in [4.69, 9.17) is 4.74 Å². The van der Waals surface area contributed by atoms with E-state index < -0.39 is 15.9 Å². The lowest BCUT2D eigenvalue weighted by molar-refractivity contribution is -0.148. The number of hydrogen-bond donors (Lipinski definition) is 0. The number of sulfonamides is 1. The minimum Gasteiger partial charge on any atom is -0.465 e. The first-order chi connectivity index (χ1) is 13.2. The van der Waals surface area contributed by atoms with Gasteiger partial charge in [0.2, 0.25) is 15.9 Å². The molecule has 0 N–H and O–H groups in total. The van der Waals surface area contributed by atoms with E-state index in [2.05, 4.69) is 13.8 Å². The highest BCUT2D eigenvalue weighted by Gasteiger charge is 2.36. The molecule has 0 aromatic heterocycles. The minimum atomic E-state index is -3.54. The van der Waals surface area contributed by atoms with Gasteiger partial charge in [0.05, 0.1) is 17.4 Å². The first-order valence-corrected chi connectivity index (χ1v) is 11.2. The van der Waals surface area contributed by atoms with Crippen LogP contribution in [0.2, 0.25) is 0 Å². The molecule has 1 atom stereocenters. The third-order valence-electron chi connectivity index (χ3n) is 4.89. The van der Waals surface area contributed by atoms with Crippen molar-refractivity contribution in [1.82, 2.24) is 4.31 Å². The predicted octanol–water partition coefficient (Wildman–Crippen LogP) is 2.66. The van der Waals surface area contributed by atoms with Crippen LogP contribution >= 0.6 is 0 Å². The molecule has 156 valence electrons. The summed E-state index contributed by atoms with van der Waals surface area (Å²) in [6, 6.07) is 6.23. The highest BCUT2D eigenvalue weighted by molar-refractivity contribution is 7.89. The first-order valence-electron chi connectivity index (χ1n) is 9.77. The predicted molar refractivity (Wildman–Crippen MR) is 107 cm³/mol. The highest BCUT2D eigenvalue weighted by Crippen LogP contribution is 2.27. The van der Waals surface area contributed by atoms with Crippen molar-refractivity contribution in [2.75, 3.05) is 31.1 Å². The third-order valence-corrected chi connectivity index (χ3v) is 6.95. The van der Waals surface area contributed by atoms with Crippen molar-refractivity contribution in [2.45, 2.75) is 45.4 Å². The summed E-state index contributed by atoms with van der Waals surface area (Å²) in [6.45, 7) is 9.09. The molecule has 1 aromatic carbocycles. The maximum Gasteiger partial charge on any atom is 0.311 e. The van der Waals surface area contributed by atoms with Gasteiger partial charge in [0.1, 0.15) is 0 Å². The Morgan fingerprint density at radius 2 is 1.82 bits per heavy atom. The van der Waals surface area contributed by atoms with E-state index in [1.165, 1.54) is 21.3 Å². The van der Waals surface area contributed by atoms with Crippen molar-refractivity contribution in [3.8, 4) is 0 Å². The second-order valence-corrected chi connectivity index (χ2v) is 9.28. The molecule has 1 amide bonds. The Labute approximate surface area is 167 Å². The van der Waals surface area contributed by atoms with Crippen molar-refractivity contribution in [1.29, 1.82) is 0 Å². The Balaban J connectivity index is 2.06. The maximum absolute atomic E-state index is 12.6. The molecule has 0 spiro atoms. The number of ether oxygens (including phenoxy) is 1. The van der Waals surface area contributed by atoms with E-state index in [9.17, 15) is 18.0 Å². The molecule has 8 heteroatoms. The van der Waals surface area contributed by atoms with Crippen LogP contribution in [0, 0.1) is 11.8 Å². The van der Waals surface area contributed by atoms with Crippen LogP contribution in [0.25, 0.3) is 0 Å². The fourth-order valence-electron chi connectivity index (χ4n) is 3.14. The summed E-state index contributed by atoms with van der Waals surface area (Å²) in [6.07, 6.45) is 0.901. The minimum absolute atomic E-state index is 0.111. The van der Waals surface area contributed by atoms with Crippen LogP contribution in [-0.2, 0) is 24.3 Å². The normalized spacial score (nSPS) is 17.6. The lowest BCUT2D eigenvalue weighted by Crippen LogP contribution is -2.30. The van der Waals surface area contributed by atoms with Crippen LogP contribution < -0.4 is 4.90 Å². The quantitative estimate of drug-likeness (QED) is 0.585. The van der Waals surface area contributed by atoms with Gasteiger partial charge in [0.15, 0.2) is 0 Å². The van der Waals surface area contributed by atoms with Gasteiger partial charge in [-0.25, -0.2) is 8.42 Å². The molecule has 2 rings (SSSR count). The summed E-state index contributed by atoms with van der Waals surface area (Å²) in [5, 5.41) is 0. The van der Waals surface area contributed by atoms with Crippen molar-refractivity contribution in [2.24, 2.45) is 11.8 Å². The van der Waals surface area contributed by atoms with Gasteiger partial charge in [-0.05, 0) is 36.6 Å². The Morgan fingerprint density at radius 3 is 2.36 bits per heavy atom. The molecule has 0 saturated carbocycles. The van der Waals surface area contributed by atoms with Crippen molar-refractivity contribution < 1.29 is 22.7 Å². The van der Waals surface area contributed by atoms with Gasteiger partial charge in [0.25, 0.3) is 0 Å². The van der Waals surface area contributed by atoms with Crippen molar-refractivity contribution >= 4 is 27.6 Å². The molecule has 1 fully saturated rings. The van der Waals surface area contributed by atoms with E-state index in [1.807, 2.05) is 0 Å². The van der Waals surface area contributed by atoms with E-state index in [-0.39, 0.29) is 29.7 Å². The number of esters is 1. The molecule has 1 saturated heterocycles. The Hall–Kier alpha value is -1.93. The fraction of sp³-hybridized carbons (Fsp3) is 0.600. The Kier molecular flexibility index (Phi) is 7.60. The number of nitrogens with zero attached hydrogens (tertiary/aromatic N) is 2. The zero-order valence-electron chi connectivity index (χ0n) is 17.1. The fourth-order valence-corrected chi connectivity index (χ4v) is 4.60. The number of carbonyl (C=O) groups excluding carboxylic acids is 2. The molecule has 1 aliphatic heterocycles. The molecular weight excluding hydrogens is 380 g/mol. The summed E-state index contributed by atoms with van der Waals surface area (Å²) in [7, 11) is -3.54. The SMILES string of the molecule is CCN(CC)S(=O)(=O)c1ccc(N2CC(C(=O)OCCC(C)C)CC2=O)cc1.